The maximum Gasteiger partial charge on any atom is 0.0771 e. The fourth-order valence-electron chi connectivity index (χ4n) is 3.59. The number of aromatic nitrogens is 2. The van der Waals surface area contributed by atoms with E-state index >= 15 is 0 Å². The summed E-state index contributed by atoms with van der Waals surface area (Å²) in [6.45, 7) is 4.27. The third-order valence-corrected chi connectivity index (χ3v) is 4.35. The molecule has 1 aromatic heterocycles. The van der Waals surface area contributed by atoms with E-state index in [-0.39, 0.29) is 0 Å². The number of rotatable bonds is 4. The van der Waals surface area contributed by atoms with Crippen LogP contribution in [0, 0.1) is 0 Å². The minimum absolute atomic E-state index is 0.727. The topological polar surface area (TPSA) is 41.0 Å². The maximum absolute atomic E-state index is 4.22. The molecular formula is C14H22N4. The van der Waals surface area contributed by atoms with E-state index in [9.17, 15) is 0 Å². The molecule has 0 amide bonds. The molecule has 0 radical (unpaired) electrons. The lowest BCUT2D eigenvalue weighted by atomic mass is 9.97. The van der Waals surface area contributed by atoms with Crippen molar-refractivity contribution in [3.63, 3.8) is 0 Å². The SMILES string of the molecule is CCNC1CC2CCC(C1)N2Cc1cccnn1. The number of nitrogens with one attached hydrogen (secondary N) is 1. The molecule has 0 saturated carbocycles. The van der Waals surface area contributed by atoms with Crippen molar-refractivity contribution >= 4 is 0 Å². The second kappa shape index (κ2) is 5.33. The Kier molecular flexibility index (Phi) is 3.57. The molecule has 0 aromatic carbocycles. The van der Waals surface area contributed by atoms with E-state index in [4.69, 9.17) is 0 Å². The summed E-state index contributed by atoms with van der Waals surface area (Å²) < 4.78 is 0. The molecule has 1 N–H and O–H groups in total. The minimum atomic E-state index is 0.727. The zero-order valence-electron chi connectivity index (χ0n) is 11.0. The van der Waals surface area contributed by atoms with E-state index in [0.717, 1.165) is 36.9 Å². The first-order chi connectivity index (χ1) is 8.86. The van der Waals surface area contributed by atoms with E-state index in [1.807, 2.05) is 6.07 Å². The molecule has 2 atom stereocenters. The molecule has 98 valence electrons. The molecule has 0 spiro atoms. The monoisotopic (exact) mass is 246 g/mol. The van der Waals surface area contributed by atoms with Crippen LogP contribution in [0.25, 0.3) is 0 Å². The normalized spacial score (nSPS) is 31.7. The van der Waals surface area contributed by atoms with Crippen molar-refractivity contribution in [2.24, 2.45) is 0 Å². The summed E-state index contributed by atoms with van der Waals surface area (Å²) in [5.41, 5.74) is 1.11. The van der Waals surface area contributed by atoms with Gasteiger partial charge in [-0.1, -0.05) is 6.92 Å². The zero-order valence-corrected chi connectivity index (χ0v) is 11.0. The first-order valence-corrected chi connectivity index (χ1v) is 7.12. The molecule has 3 heterocycles. The second-order valence-corrected chi connectivity index (χ2v) is 5.50. The summed E-state index contributed by atoms with van der Waals surface area (Å²) in [6, 6.07) is 6.29. The van der Waals surface area contributed by atoms with Crippen molar-refractivity contribution in [3.05, 3.63) is 24.0 Å². The highest BCUT2D eigenvalue weighted by atomic mass is 15.2. The van der Waals surface area contributed by atoms with Gasteiger partial charge in [0.05, 0.1) is 5.69 Å². The Bertz CT molecular complexity index is 367. The molecule has 4 heteroatoms. The van der Waals surface area contributed by atoms with Gasteiger partial charge < -0.3 is 5.32 Å². The van der Waals surface area contributed by atoms with E-state index in [1.54, 1.807) is 6.20 Å². The molecule has 1 aromatic rings. The second-order valence-electron chi connectivity index (χ2n) is 5.50. The fourth-order valence-corrected chi connectivity index (χ4v) is 3.59. The molecule has 4 nitrogen and oxygen atoms in total. The van der Waals surface area contributed by atoms with Crippen molar-refractivity contribution in [1.82, 2.24) is 20.4 Å². The highest BCUT2D eigenvalue weighted by molar-refractivity contribution is 5.04. The van der Waals surface area contributed by atoms with Gasteiger partial charge in [-0.15, -0.1) is 0 Å². The van der Waals surface area contributed by atoms with Crippen molar-refractivity contribution in [3.8, 4) is 0 Å². The Balaban J connectivity index is 1.65. The van der Waals surface area contributed by atoms with Gasteiger partial charge >= 0.3 is 0 Å². The summed E-state index contributed by atoms with van der Waals surface area (Å²) in [7, 11) is 0. The average molecular weight is 246 g/mol. The van der Waals surface area contributed by atoms with E-state index in [1.165, 1.54) is 25.7 Å². The third-order valence-electron chi connectivity index (χ3n) is 4.35. The average Bonchev–Trinajstić information content (AvgIpc) is 2.63. The van der Waals surface area contributed by atoms with Crippen LogP contribution in [0.1, 0.15) is 38.3 Å². The summed E-state index contributed by atoms with van der Waals surface area (Å²) in [6.07, 6.45) is 7.05. The third kappa shape index (κ3) is 2.40. The molecular weight excluding hydrogens is 224 g/mol. The van der Waals surface area contributed by atoms with Gasteiger partial charge in [0, 0.05) is 30.9 Å². The summed E-state index contributed by atoms with van der Waals surface area (Å²) in [5.74, 6) is 0. The molecule has 2 bridgehead atoms. The minimum Gasteiger partial charge on any atom is -0.314 e. The van der Waals surface area contributed by atoms with Gasteiger partial charge in [-0.05, 0) is 44.4 Å². The standard InChI is InChI=1S/C14H22N4/c1-2-15-12-8-13-5-6-14(9-12)18(13)10-11-4-3-7-16-17-11/h3-4,7,12-15H,2,5-6,8-10H2,1H3. The summed E-state index contributed by atoms with van der Waals surface area (Å²) in [5, 5.41) is 11.8. The Morgan fingerprint density at radius 1 is 1.33 bits per heavy atom. The van der Waals surface area contributed by atoms with Crippen LogP contribution in [0.15, 0.2) is 18.3 Å². The molecule has 3 rings (SSSR count). The molecule has 18 heavy (non-hydrogen) atoms. The number of hydrogen-bond donors (Lipinski definition) is 1. The van der Waals surface area contributed by atoms with Gasteiger partial charge in [0.25, 0.3) is 0 Å². The number of fused-ring (bicyclic) bond motifs is 2. The van der Waals surface area contributed by atoms with Crippen LogP contribution in [-0.2, 0) is 6.54 Å². The van der Waals surface area contributed by atoms with Gasteiger partial charge in [-0.2, -0.15) is 10.2 Å². The van der Waals surface area contributed by atoms with Crippen molar-refractivity contribution in [2.75, 3.05) is 6.54 Å². The Hall–Kier alpha value is -1.00. The van der Waals surface area contributed by atoms with Crippen LogP contribution in [0.5, 0.6) is 0 Å². The lowest BCUT2D eigenvalue weighted by Crippen LogP contribution is -2.48. The zero-order chi connectivity index (χ0) is 12.4. The van der Waals surface area contributed by atoms with Crippen LogP contribution in [0.2, 0.25) is 0 Å². The van der Waals surface area contributed by atoms with Gasteiger partial charge in [0.15, 0.2) is 0 Å². The van der Waals surface area contributed by atoms with Gasteiger partial charge in [0.1, 0.15) is 0 Å². The Labute approximate surface area is 109 Å². The Morgan fingerprint density at radius 2 is 2.11 bits per heavy atom. The predicted octanol–water partition coefficient (Wildman–Crippen LogP) is 1.58. The quantitative estimate of drug-likeness (QED) is 0.876. The van der Waals surface area contributed by atoms with Crippen molar-refractivity contribution in [2.45, 2.75) is 57.3 Å². The molecule has 2 saturated heterocycles. The largest absolute Gasteiger partial charge is 0.314 e. The van der Waals surface area contributed by atoms with Gasteiger partial charge in [-0.3, -0.25) is 4.90 Å². The van der Waals surface area contributed by atoms with Crippen LogP contribution in [0.4, 0.5) is 0 Å². The smallest absolute Gasteiger partial charge is 0.0771 e. The molecule has 2 fully saturated rings. The summed E-state index contributed by atoms with van der Waals surface area (Å²) in [4.78, 5) is 2.65. The van der Waals surface area contributed by atoms with E-state index < -0.39 is 0 Å². The van der Waals surface area contributed by atoms with Crippen molar-refractivity contribution in [1.29, 1.82) is 0 Å². The first kappa shape index (κ1) is 12.1. The number of hydrogen-bond acceptors (Lipinski definition) is 4. The van der Waals surface area contributed by atoms with Crippen molar-refractivity contribution < 1.29 is 0 Å². The highest BCUT2D eigenvalue weighted by Crippen LogP contribution is 2.36. The Morgan fingerprint density at radius 3 is 2.72 bits per heavy atom. The fraction of sp³-hybridized carbons (Fsp3) is 0.714. The van der Waals surface area contributed by atoms with Crippen LogP contribution in [0.3, 0.4) is 0 Å². The molecule has 2 unspecified atom stereocenters. The van der Waals surface area contributed by atoms with E-state index in [2.05, 4.69) is 33.4 Å². The maximum atomic E-state index is 4.22. The predicted molar refractivity (Wildman–Crippen MR) is 71.1 cm³/mol. The lowest BCUT2D eigenvalue weighted by Gasteiger charge is -2.39. The lowest BCUT2D eigenvalue weighted by molar-refractivity contribution is 0.108. The number of nitrogens with zero attached hydrogens (tertiary/aromatic N) is 3. The van der Waals surface area contributed by atoms with Gasteiger partial charge in [-0.25, -0.2) is 0 Å². The number of piperidine rings is 1. The van der Waals surface area contributed by atoms with Crippen LogP contribution in [-0.4, -0.2) is 39.8 Å². The van der Waals surface area contributed by atoms with Crippen LogP contribution >= 0.6 is 0 Å². The molecule has 0 aliphatic carbocycles. The first-order valence-electron chi connectivity index (χ1n) is 7.12. The van der Waals surface area contributed by atoms with E-state index in [0.29, 0.717) is 0 Å². The van der Waals surface area contributed by atoms with Gasteiger partial charge in [0.2, 0.25) is 0 Å². The van der Waals surface area contributed by atoms with Crippen LogP contribution < -0.4 is 5.32 Å². The summed E-state index contributed by atoms with van der Waals surface area (Å²) >= 11 is 0. The highest BCUT2D eigenvalue weighted by Gasteiger charge is 2.40. The molecule has 2 aliphatic rings. The molecule has 2 aliphatic heterocycles.